The highest BCUT2D eigenvalue weighted by atomic mass is 79.9. The summed E-state index contributed by atoms with van der Waals surface area (Å²) in [5, 5.41) is 3.90. The molecule has 20 heavy (non-hydrogen) atoms. The fourth-order valence-electron chi connectivity index (χ4n) is 1.78. The molecule has 108 valence electrons. The quantitative estimate of drug-likeness (QED) is 0.724. The van der Waals surface area contributed by atoms with Gasteiger partial charge in [-0.3, -0.25) is 0 Å². The molecule has 0 spiro atoms. The smallest absolute Gasteiger partial charge is 0.138 e. The molecule has 0 amide bonds. The summed E-state index contributed by atoms with van der Waals surface area (Å²) >= 11 is 9.49. The largest absolute Gasteiger partial charge is 0.487 e. The fraction of sp³-hybridized carbons (Fsp3) is 0.333. The van der Waals surface area contributed by atoms with Crippen LogP contribution in [0.1, 0.15) is 24.7 Å². The van der Waals surface area contributed by atoms with E-state index in [9.17, 15) is 0 Å². The van der Waals surface area contributed by atoms with E-state index in [2.05, 4.69) is 28.2 Å². The highest BCUT2D eigenvalue weighted by Crippen LogP contribution is 2.28. The topological polar surface area (TPSA) is 34.4 Å². The van der Waals surface area contributed by atoms with Gasteiger partial charge in [0.15, 0.2) is 0 Å². The van der Waals surface area contributed by atoms with Crippen LogP contribution in [0, 0.1) is 0 Å². The third-order valence-corrected chi connectivity index (χ3v) is 3.62. The second kappa shape index (κ2) is 7.72. The van der Waals surface area contributed by atoms with Crippen LogP contribution in [0.4, 0.5) is 0 Å². The SMILES string of the molecule is CCCNCc1occc1COc1ccc(Br)cc1Cl. The van der Waals surface area contributed by atoms with E-state index in [-0.39, 0.29) is 0 Å². The Balaban J connectivity index is 1.95. The van der Waals surface area contributed by atoms with E-state index in [1.807, 2.05) is 24.3 Å². The zero-order valence-electron chi connectivity index (χ0n) is 11.3. The van der Waals surface area contributed by atoms with Crippen LogP contribution in [0.5, 0.6) is 5.75 Å². The minimum Gasteiger partial charge on any atom is -0.487 e. The zero-order valence-corrected chi connectivity index (χ0v) is 13.6. The van der Waals surface area contributed by atoms with Gasteiger partial charge in [0.2, 0.25) is 0 Å². The van der Waals surface area contributed by atoms with Gasteiger partial charge in [-0.05, 0) is 37.2 Å². The lowest BCUT2D eigenvalue weighted by Crippen LogP contribution is -2.14. The summed E-state index contributed by atoms with van der Waals surface area (Å²) in [6.45, 7) is 4.27. The van der Waals surface area contributed by atoms with Crippen molar-refractivity contribution in [2.75, 3.05) is 6.54 Å². The predicted octanol–water partition coefficient (Wildman–Crippen LogP) is 4.77. The summed E-state index contributed by atoms with van der Waals surface area (Å²) < 4.78 is 12.1. The highest BCUT2D eigenvalue weighted by Gasteiger charge is 2.08. The lowest BCUT2D eigenvalue weighted by Gasteiger charge is -2.09. The van der Waals surface area contributed by atoms with Gasteiger partial charge in [0, 0.05) is 10.0 Å². The number of furan rings is 1. The number of nitrogens with one attached hydrogen (secondary N) is 1. The molecule has 0 aliphatic carbocycles. The monoisotopic (exact) mass is 357 g/mol. The van der Waals surface area contributed by atoms with Crippen LogP contribution in [-0.4, -0.2) is 6.54 Å². The zero-order chi connectivity index (χ0) is 14.4. The Labute approximate surface area is 132 Å². The van der Waals surface area contributed by atoms with E-state index < -0.39 is 0 Å². The third-order valence-electron chi connectivity index (χ3n) is 2.83. The van der Waals surface area contributed by atoms with Crippen LogP contribution >= 0.6 is 27.5 Å². The first-order chi connectivity index (χ1) is 9.70. The number of rotatable bonds is 7. The molecule has 5 heteroatoms. The summed E-state index contributed by atoms with van der Waals surface area (Å²) in [5.74, 6) is 1.58. The molecule has 0 aliphatic heterocycles. The van der Waals surface area contributed by atoms with Gasteiger partial charge in [-0.15, -0.1) is 0 Å². The molecule has 1 heterocycles. The van der Waals surface area contributed by atoms with E-state index in [4.69, 9.17) is 20.8 Å². The van der Waals surface area contributed by atoms with Crippen LogP contribution < -0.4 is 10.1 Å². The molecular weight excluding hydrogens is 342 g/mol. The Bertz CT molecular complexity index is 557. The molecule has 0 aliphatic rings. The second-order valence-corrected chi connectivity index (χ2v) is 5.73. The lowest BCUT2D eigenvalue weighted by atomic mass is 10.2. The van der Waals surface area contributed by atoms with Gasteiger partial charge in [0.25, 0.3) is 0 Å². The second-order valence-electron chi connectivity index (χ2n) is 4.41. The summed E-state index contributed by atoms with van der Waals surface area (Å²) in [7, 11) is 0. The minimum atomic E-state index is 0.445. The van der Waals surface area contributed by atoms with Crippen molar-refractivity contribution >= 4 is 27.5 Å². The Kier molecular flexibility index (Phi) is 5.95. The standard InChI is InChI=1S/C15H17BrClNO2/c1-2-6-18-9-15-11(5-7-19-15)10-20-14-4-3-12(16)8-13(14)17/h3-5,7-8,18H,2,6,9-10H2,1H3. The Morgan fingerprint density at radius 3 is 2.95 bits per heavy atom. The van der Waals surface area contributed by atoms with Crippen molar-refractivity contribution in [3.05, 3.63) is 51.3 Å². The van der Waals surface area contributed by atoms with Crippen molar-refractivity contribution in [2.45, 2.75) is 26.5 Å². The average Bonchev–Trinajstić information content (AvgIpc) is 2.86. The fourth-order valence-corrected chi connectivity index (χ4v) is 2.51. The Morgan fingerprint density at radius 1 is 1.35 bits per heavy atom. The molecule has 1 aromatic carbocycles. The van der Waals surface area contributed by atoms with E-state index in [1.165, 1.54) is 0 Å². The summed E-state index contributed by atoms with van der Waals surface area (Å²) in [5.41, 5.74) is 1.03. The number of ether oxygens (including phenoxy) is 1. The molecular formula is C15H17BrClNO2. The van der Waals surface area contributed by atoms with Crippen molar-refractivity contribution in [3.63, 3.8) is 0 Å². The van der Waals surface area contributed by atoms with Crippen molar-refractivity contribution in [1.82, 2.24) is 5.32 Å². The summed E-state index contributed by atoms with van der Waals surface area (Å²) in [6, 6.07) is 7.49. The number of benzene rings is 1. The van der Waals surface area contributed by atoms with E-state index in [0.29, 0.717) is 23.9 Å². The average molecular weight is 359 g/mol. The van der Waals surface area contributed by atoms with E-state index >= 15 is 0 Å². The number of hydrogen-bond donors (Lipinski definition) is 1. The maximum atomic E-state index is 6.12. The Hall–Kier alpha value is -0.970. The van der Waals surface area contributed by atoms with Gasteiger partial charge in [-0.1, -0.05) is 34.5 Å². The van der Waals surface area contributed by atoms with Gasteiger partial charge in [0.1, 0.15) is 18.1 Å². The van der Waals surface area contributed by atoms with Crippen molar-refractivity contribution in [1.29, 1.82) is 0 Å². The highest BCUT2D eigenvalue weighted by molar-refractivity contribution is 9.10. The van der Waals surface area contributed by atoms with Crippen molar-refractivity contribution in [3.8, 4) is 5.75 Å². The molecule has 0 atom stereocenters. The molecule has 1 aromatic heterocycles. The minimum absolute atomic E-state index is 0.445. The molecule has 0 saturated heterocycles. The molecule has 0 bridgehead atoms. The normalized spacial score (nSPS) is 10.8. The predicted molar refractivity (Wildman–Crippen MR) is 84.2 cm³/mol. The van der Waals surface area contributed by atoms with Crippen molar-refractivity contribution < 1.29 is 9.15 Å². The molecule has 2 aromatic rings. The van der Waals surface area contributed by atoms with Gasteiger partial charge in [-0.25, -0.2) is 0 Å². The van der Waals surface area contributed by atoms with Gasteiger partial charge < -0.3 is 14.5 Å². The van der Waals surface area contributed by atoms with Crippen LogP contribution in [0.2, 0.25) is 5.02 Å². The molecule has 0 saturated carbocycles. The van der Waals surface area contributed by atoms with E-state index in [1.54, 1.807) is 6.26 Å². The van der Waals surface area contributed by atoms with Gasteiger partial charge in [-0.2, -0.15) is 0 Å². The maximum absolute atomic E-state index is 6.12. The maximum Gasteiger partial charge on any atom is 0.138 e. The summed E-state index contributed by atoms with van der Waals surface area (Å²) in [4.78, 5) is 0. The first kappa shape index (κ1) is 15.4. The molecule has 0 fully saturated rings. The molecule has 0 unspecified atom stereocenters. The first-order valence-corrected chi connectivity index (χ1v) is 7.71. The van der Waals surface area contributed by atoms with E-state index in [0.717, 1.165) is 28.8 Å². The number of hydrogen-bond acceptors (Lipinski definition) is 3. The molecule has 1 N–H and O–H groups in total. The van der Waals surface area contributed by atoms with Crippen LogP contribution in [-0.2, 0) is 13.2 Å². The third kappa shape index (κ3) is 4.27. The van der Waals surface area contributed by atoms with Gasteiger partial charge in [0.05, 0.1) is 17.8 Å². The molecule has 0 radical (unpaired) electrons. The van der Waals surface area contributed by atoms with Crippen LogP contribution in [0.3, 0.4) is 0 Å². The van der Waals surface area contributed by atoms with Crippen molar-refractivity contribution in [2.24, 2.45) is 0 Å². The molecule has 2 rings (SSSR count). The lowest BCUT2D eigenvalue weighted by molar-refractivity contribution is 0.301. The van der Waals surface area contributed by atoms with Gasteiger partial charge >= 0.3 is 0 Å². The molecule has 3 nitrogen and oxygen atoms in total. The number of halogens is 2. The van der Waals surface area contributed by atoms with Crippen LogP contribution in [0.15, 0.2) is 39.4 Å². The first-order valence-electron chi connectivity index (χ1n) is 6.54. The Morgan fingerprint density at radius 2 is 2.20 bits per heavy atom. The summed E-state index contributed by atoms with van der Waals surface area (Å²) in [6.07, 6.45) is 2.78. The van der Waals surface area contributed by atoms with Crippen LogP contribution in [0.25, 0.3) is 0 Å².